The van der Waals surface area contributed by atoms with Gasteiger partial charge >= 0.3 is 12.1 Å². The molecule has 3 N–H and O–H groups in total. The number of nitrogens with zero attached hydrogens (tertiary/aromatic N) is 3. The van der Waals surface area contributed by atoms with Crippen molar-refractivity contribution in [2.24, 2.45) is 11.8 Å². The van der Waals surface area contributed by atoms with Gasteiger partial charge in [0.05, 0.1) is 36.4 Å². The molecule has 12 heteroatoms. The van der Waals surface area contributed by atoms with E-state index in [1.54, 1.807) is 6.92 Å². The Morgan fingerprint density at radius 1 is 1.46 bits per heavy atom. The Kier molecular flexibility index (Phi) is 7.36. The van der Waals surface area contributed by atoms with Gasteiger partial charge in [0, 0.05) is 22.7 Å². The summed E-state index contributed by atoms with van der Waals surface area (Å²) >= 11 is 2.58. The maximum absolute atomic E-state index is 12.5. The molecular weight excluding hydrogens is 494 g/mol. The first-order valence-corrected chi connectivity index (χ1v) is 12.9. The zero-order chi connectivity index (χ0) is 25.4. The van der Waals surface area contributed by atoms with Gasteiger partial charge in [-0.05, 0) is 18.9 Å². The summed E-state index contributed by atoms with van der Waals surface area (Å²) in [5.41, 5.74) is 1.52. The second kappa shape index (κ2) is 10.1. The van der Waals surface area contributed by atoms with E-state index in [-0.39, 0.29) is 43.3 Å². The zero-order valence-electron chi connectivity index (χ0n) is 19.3. The molecule has 1 aromatic rings. The van der Waals surface area contributed by atoms with E-state index in [2.05, 4.69) is 11.6 Å². The number of hydrogen-bond acceptors (Lipinski definition) is 9. The van der Waals surface area contributed by atoms with Crippen LogP contribution in [0.3, 0.4) is 0 Å². The highest BCUT2D eigenvalue weighted by Crippen LogP contribution is 2.52. The number of β-lactam (4-membered cyclic amide) rings is 1. The number of carboxylic acid groups (broad SMARTS) is 1. The van der Waals surface area contributed by atoms with Crippen LogP contribution in [0.15, 0.2) is 39.1 Å². The lowest BCUT2D eigenvalue weighted by Crippen LogP contribution is -2.63. The fraction of sp³-hybridized carbons (Fsp3) is 0.478. The Labute approximate surface area is 210 Å². The van der Waals surface area contributed by atoms with Crippen molar-refractivity contribution in [3.8, 4) is 0 Å². The van der Waals surface area contributed by atoms with Crippen molar-refractivity contribution in [3.05, 3.63) is 40.4 Å². The average molecular weight is 522 g/mol. The molecule has 188 valence electrons. The molecule has 0 radical (unpaired) electrons. The number of carbonyl (C=O) groups excluding carboxylic acids is 2. The minimum Gasteiger partial charge on any atom is -0.477 e. The molecule has 0 aromatic carbocycles. The van der Waals surface area contributed by atoms with Gasteiger partial charge in [-0.1, -0.05) is 37.4 Å². The van der Waals surface area contributed by atoms with Crippen LogP contribution in [0.2, 0.25) is 0 Å². The molecule has 0 bridgehead atoms. The Morgan fingerprint density at radius 2 is 2.20 bits per heavy atom. The zero-order valence-corrected chi connectivity index (χ0v) is 20.9. The number of rotatable bonds is 8. The standard InChI is InChI=1S/C23H27N3O7S2/c1-4-7-33-23(32)25-6-5-13(8-14(25)9-27)15-10-34-22(24-15)35-19-11(2)17-16(12(3)28)20(29)26(17)18(19)21(30)31/h4-5,10-12,14,16-17,27-28H,1,6-9H2,2-3H3,(H,30,31)/t11-,12-,14-,16-,17-/m1/s1. The third-order valence-electron chi connectivity index (χ3n) is 6.52. The van der Waals surface area contributed by atoms with Crippen molar-refractivity contribution in [2.75, 3.05) is 19.8 Å². The van der Waals surface area contributed by atoms with Crippen molar-refractivity contribution >= 4 is 46.6 Å². The van der Waals surface area contributed by atoms with Crippen LogP contribution in [0.5, 0.6) is 0 Å². The van der Waals surface area contributed by atoms with Gasteiger partial charge in [-0.15, -0.1) is 11.3 Å². The van der Waals surface area contributed by atoms with E-state index in [4.69, 9.17) is 4.74 Å². The average Bonchev–Trinajstić information content (AvgIpc) is 3.38. The second-order valence-electron chi connectivity index (χ2n) is 8.66. The molecule has 1 fully saturated rings. The molecule has 10 nitrogen and oxygen atoms in total. The Hall–Kier alpha value is -2.67. The summed E-state index contributed by atoms with van der Waals surface area (Å²) in [6.07, 6.45) is 2.36. The molecule has 0 spiro atoms. The van der Waals surface area contributed by atoms with Crippen LogP contribution in [0.25, 0.3) is 5.57 Å². The maximum atomic E-state index is 12.5. The summed E-state index contributed by atoms with van der Waals surface area (Å²) < 4.78 is 5.71. The number of thioether (sulfide) groups is 1. The van der Waals surface area contributed by atoms with Crippen molar-refractivity contribution in [2.45, 2.75) is 42.8 Å². The van der Waals surface area contributed by atoms with Crippen molar-refractivity contribution in [1.29, 1.82) is 0 Å². The molecule has 1 saturated heterocycles. The highest BCUT2D eigenvalue weighted by molar-refractivity contribution is 8.04. The first-order chi connectivity index (χ1) is 16.7. The van der Waals surface area contributed by atoms with Crippen LogP contribution in [0.1, 0.15) is 26.0 Å². The molecule has 0 saturated carbocycles. The normalized spacial score (nSPS) is 26.7. The quantitative estimate of drug-likeness (QED) is 0.347. The number of hydrogen-bond donors (Lipinski definition) is 3. The van der Waals surface area contributed by atoms with Gasteiger partial charge in [0.25, 0.3) is 0 Å². The minimum atomic E-state index is -1.18. The molecule has 4 rings (SSSR count). The second-order valence-corrected chi connectivity index (χ2v) is 10.8. The van der Waals surface area contributed by atoms with Gasteiger partial charge < -0.3 is 25.0 Å². The Morgan fingerprint density at radius 3 is 2.83 bits per heavy atom. The molecule has 3 aliphatic heterocycles. The summed E-state index contributed by atoms with van der Waals surface area (Å²) in [5, 5.41) is 31.5. The van der Waals surface area contributed by atoms with Gasteiger partial charge in [-0.2, -0.15) is 0 Å². The monoisotopic (exact) mass is 521 g/mol. The smallest absolute Gasteiger partial charge is 0.410 e. The predicted molar refractivity (Wildman–Crippen MR) is 129 cm³/mol. The lowest BCUT2D eigenvalue weighted by Gasteiger charge is -2.46. The summed E-state index contributed by atoms with van der Waals surface area (Å²) in [6, 6.07) is -0.832. The number of carboxylic acids is 1. The number of aliphatic hydroxyl groups is 2. The highest BCUT2D eigenvalue weighted by atomic mass is 32.2. The van der Waals surface area contributed by atoms with Gasteiger partial charge in [0.1, 0.15) is 12.3 Å². The van der Waals surface area contributed by atoms with Crippen LogP contribution >= 0.6 is 23.1 Å². The highest BCUT2D eigenvalue weighted by Gasteiger charge is 2.60. The minimum absolute atomic E-state index is 0.0444. The Balaban J connectivity index is 1.52. The fourth-order valence-corrected chi connectivity index (χ4v) is 6.93. The summed E-state index contributed by atoms with van der Waals surface area (Å²) in [5.74, 6) is -2.42. The van der Waals surface area contributed by atoms with E-state index in [0.29, 0.717) is 21.4 Å². The van der Waals surface area contributed by atoms with Crippen LogP contribution < -0.4 is 0 Å². The number of fused-ring (bicyclic) bond motifs is 1. The van der Waals surface area contributed by atoms with Crippen LogP contribution in [0.4, 0.5) is 4.79 Å². The van der Waals surface area contributed by atoms with Gasteiger partial charge in [-0.25, -0.2) is 14.6 Å². The van der Waals surface area contributed by atoms with Crippen LogP contribution in [-0.2, 0) is 14.3 Å². The maximum Gasteiger partial charge on any atom is 0.410 e. The van der Waals surface area contributed by atoms with E-state index in [1.165, 1.54) is 39.0 Å². The summed E-state index contributed by atoms with van der Waals surface area (Å²) in [6.45, 7) is 7.05. The van der Waals surface area contributed by atoms with E-state index >= 15 is 0 Å². The summed E-state index contributed by atoms with van der Waals surface area (Å²) in [4.78, 5) is 44.7. The molecule has 35 heavy (non-hydrogen) atoms. The lowest BCUT2D eigenvalue weighted by molar-refractivity contribution is -0.163. The van der Waals surface area contributed by atoms with Gasteiger partial charge in [-0.3, -0.25) is 9.69 Å². The third kappa shape index (κ3) is 4.51. The van der Waals surface area contributed by atoms with E-state index in [1.807, 2.05) is 18.4 Å². The van der Waals surface area contributed by atoms with Crippen molar-refractivity contribution in [1.82, 2.24) is 14.8 Å². The molecule has 3 aliphatic rings. The number of amides is 2. The molecule has 1 aromatic heterocycles. The number of aliphatic carboxylic acids is 1. The fourth-order valence-electron chi connectivity index (χ4n) is 4.82. The van der Waals surface area contributed by atoms with Crippen LogP contribution in [0, 0.1) is 11.8 Å². The van der Waals surface area contributed by atoms with Gasteiger partial charge in [0.15, 0.2) is 4.34 Å². The molecule has 5 atom stereocenters. The Bertz CT molecular complexity index is 1110. The SMILES string of the molecule is C=CCOC(=O)N1CC=C(c2csc(SC3=C(C(=O)O)N4C(=O)[C@H]([C@@H](C)O)[C@H]4[C@H]3C)n2)C[C@@H]1CO. The van der Waals surface area contributed by atoms with E-state index < -0.39 is 30.1 Å². The topological polar surface area (TPSA) is 140 Å². The third-order valence-corrected chi connectivity index (χ3v) is 8.74. The van der Waals surface area contributed by atoms with Crippen molar-refractivity contribution < 1.29 is 34.4 Å². The molecule has 4 heterocycles. The number of aromatic nitrogens is 1. The van der Waals surface area contributed by atoms with Crippen molar-refractivity contribution in [3.63, 3.8) is 0 Å². The molecular formula is C23H27N3O7S2. The van der Waals surface area contributed by atoms with E-state index in [0.717, 1.165) is 5.57 Å². The number of aliphatic hydroxyl groups excluding tert-OH is 2. The van der Waals surface area contributed by atoms with Gasteiger partial charge in [0.2, 0.25) is 5.91 Å². The summed E-state index contributed by atoms with van der Waals surface area (Å²) in [7, 11) is 0. The first-order valence-electron chi connectivity index (χ1n) is 11.2. The van der Waals surface area contributed by atoms with E-state index in [9.17, 15) is 29.7 Å². The first kappa shape index (κ1) is 25.4. The largest absolute Gasteiger partial charge is 0.477 e. The molecule has 0 aliphatic carbocycles. The molecule has 0 unspecified atom stereocenters. The number of carbonyl (C=O) groups is 3. The number of ether oxygens (including phenoxy) is 1. The van der Waals surface area contributed by atoms with Crippen LogP contribution in [-0.4, -0.2) is 86.0 Å². The molecule has 2 amide bonds. The lowest BCUT2D eigenvalue weighted by atomic mass is 9.79. The number of thiazole rings is 1. The predicted octanol–water partition coefficient (Wildman–Crippen LogP) is 2.16.